The second-order valence-corrected chi connectivity index (χ2v) is 4.26. The van der Waals surface area contributed by atoms with Gasteiger partial charge in [0, 0.05) is 23.4 Å². The van der Waals surface area contributed by atoms with Crippen LogP contribution in [0.1, 0.15) is 43.4 Å². The number of imidazole rings is 1. The van der Waals surface area contributed by atoms with E-state index in [0.717, 1.165) is 30.5 Å². The van der Waals surface area contributed by atoms with Crippen LogP contribution in [0.25, 0.3) is 0 Å². The molecule has 1 atom stereocenters. The summed E-state index contributed by atoms with van der Waals surface area (Å²) in [6.07, 6.45) is 6.84. The van der Waals surface area contributed by atoms with Crippen molar-refractivity contribution in [2.45, 2.75) is 32.1 Å². The Morgan fingerprint density at radius 2 is 2.18 bits per heavy atom. The fourth-order valence-electron chi connectivity index (χ4n) is 2.13. The molecule has 1 heterocycles. The van der Waals surface area contributed by atoms with Crippen LogP contribution in [0.4, 0.5) is 0 Å². The van der Waals surface area contributed by atoms with Gasteiger partial charge in [0.2, 0.25) is 0 Å². The van der Waals surface area contributed by atoms with Crippen LogP contribution in [0.3, 0.4) is 0 Å². The molecule has 0 radical (unpaired) electrons. The molecular weight excluding hydrogens is 212 g/mol. The lowest BCUT2D eigenvalue weighted by molar-refractivity contribution is 0.461. The maximum Gasteiger partial charge on any atom is 0.119 e. The van der Waals surface area contributed by atoms with E-state index in [4.69, 9.17) is 0 Å². The molecule has 17 heavy (non-hydrogen) atoms. The predicted molar refractivity (Wildman–Crippen MR) is 68.1 cm³/mol. The smallest absolute Gasteiger partial charge is 0.119 e. The molecule has 3 nitrogen and oxygen atoms in total. The number of rotatable bonds is 5. The van der Waals surface area contributed by atoms with Crippen molar-refractivity contribution in [3.63, 3.8) is 0 Å². The van der Waals surface area contributed by atoms with Gasteiger partial charge in [0.1, 0.15) is 5.75 Å². The Balaban J connectivity index is 2.30. The van der Waals surface area contributed by atoms with Crippen LogP contribution in [0.5, 0.6) is 5.75 Å². The molecule has 1 unspecified atom stereocenters. The number of hydrogen-bond acceptors (Lipinski definition) is 2. The number of benzene rings is 1. The Labute approximate surface area is 102 Å². The minimum atomic E-state index is 0.207. The summed E-state index contributed by atoms with van der Waals surface area (Å²) in [4.78, 5) is 7.22. The fraction of sp³-hybridized carbons (Fsp3) is 0.357. The highest BCUT2D eigenvalue weighted by atomic mass is 16.3. The number of nitrogens with one attached hydrogen (secondary N) is 1. The fourth-order valence-corrected chi connectivity index (χ4v) is 2.13. The average Bonchev–Trinajstić information content (AvgIpc) is 2.85. The normalized spacial score (nSPS) is 12.5. The van der Waals surface area contributed by atoms with E-state index in [-0.39, 0.29) is 5.92 Å². The van der Waals surface area contributed by atoms with Crippen LogP contribution in [0.2, 0.25) is 0 Å². The van der Waals surface area contributed by atoms with Crippen molar-refractivity contribution in [2.75, 3.05) is 0 Å². The highest BCUT2D eigenvalue weighted by Gasteiger charge is 2.17. The van der Waals surface area contributed by atoms with Gasteiger partial charge in [-0.05, 0) is 12.5 Å². The molecule has 0 aliphatic heterocycles. The summed E-state index contributed by atoms with van der Waals surface area (Å²) in [5, 5.41) is 9.94. The maximum absolute atomic E-state index is 9.94. The third kappa shape index (κ3) is 2.67. The average molecular weight is 230 g/mol. The first kappa shape index (κ1) is 11.7. The van der Waals surface area contributed by atoms with E-state index in [0.29, 0.717) is 5.75 Å². The summed E-state index contributed by atoms with van der Waals surface area (Å²) >= 11 is 0. The monoisotopic (exact) mass is 230 g/mol. The Hall–Kier alpha value is -1.77. The lowest BCUT2D eigenvalue weighted by Gasteiger charge is -2.16. The van der Waals surface area contributed by atoms with E-state index in [9.17, 15) is 5.11 Å². The number of unbranched alkanes of at least 4 members (excludes halogenated alkanes) is 1. The van der Waals surface area contributed by atoms with E-state index >= 15 is 0 Å². The zero-order valence-corrected chi connectivity index (χ0v) is 10.1. The molecule has 2 rings (SSSR count). The summed E-state index contributed by atoms with van der Waals surface area (Å²) in [5.41, 5.74) is 2.05. The highest BCUT2D eigenvalue weighted by Crippen LogP contribution is 2.33. The van der Waals surface area contributed by atoms with Gasteiger partial charge in [0.15, 0.2) is 0 Å². The lowest BCUT2D eigenvalue weighted by atomic mass is 9.90. The number of phenols is 1. The molecule has 2 aromatic rings. The van der Waals surface area contributed by atoms with E-state index in [1.165, 1.54) is 0 Å². The van der Waals surface area contributed by atoms with Crippen molar-refractivity contribution in [1.29, 1.82) is 0 Å². The van der Waals surface area contributed by atoms with Crippen molar-refractivity contribution in [3.8, 4) is 5.75 Å². The minimum Gasteiger partial charge on any atom is -0.508 e. The van der Waals surface area contributed by atoms with Crippen molar-refractivity contribution < 1.29 is 5.11 Å². The van der Waals surface area contributed by atoms with Crippen LogP contribution < -0.4 is 0 Å². The largest absolute Gasteiger partial charge is 0.508 e. The molecule has 0 fully saturated rings. The topological polar surface area (TPSA) is 48.9 Å². The predicted octanol–water partition coefficient (Wildman–Crippen LogP) is 3.44. The second kappa shape index (κ2) is 5.53. The molecule has 0 saturated heterocycles. The number of nitrogens with zero attached hydrogens (tertiary/aromatic N) is 1. The van der Waals surface area contributed by atoms with Gasteiger partial charge in [0.05, 0.1) is 6.33 Å². The summed E-state index contributed by atoms with van der Waals surface area (Å²) in [6, 6.07) is 7.54. The van der Waals surface area contributed by atoms with E-state index in [1.807, 2.05) is 24.4 Å². The standard InChI is InChI=1S/C14H18N2O/c1-2-3-6-11(13-9-15-10-16-13)12-7-4-5-8-14(12)17/h4-5,7-11,17H,2-3,6H2,1H3,(H,15,16). The first-order chi connectivity index (χ1) is 8.33. The molecular formula is C14H18N2O. The van der Waals surface area contributed by atoms with Gasteiger partial charge in [-0.1, -0.05) is 38.0 Å². The quantitative estimate of drug-likeness (QED) is 0.826. The summed E-state index contributed by atoms with van der Waals surface area (Å²) in [6.45, 7) is 2.18. The molecule has 0 bridgehead atoms. The number of aromatic nitrogens is 2. The van der Waals surface area contributed by atoms with Gasteiger partial charge in [-0.15, -0.1) is 0 Å². The molecule has 0 saturated carbocycles. The third-order valence-corrected chi connectivity index (χ3v) is 3.05. The number of H-pyrrole nitrogens is 1. The van der Waals surface area contributed by atoms with Crippen molar-refractivity contribution >= 4 is 0 Å². The molecule has 0 aliphatic carbocycles. The Kier molecular flexibility index (Phi) is 3.81. The summed E-state index contributed by atoms with van der Waals surface area (Å²) in [5.74, 6) is 0.571. The zero-order valence-electron chi connectivity index (χ0n) is 10.1. The van der Waals surface area contributed by atoms with Gasteiger partial charge in [-0.3, -0.25) is 0 Å². The molecule has 3 heteroatoms. The lowest BCUT2D eigenvalue weighted by Crippen LogP contribution is -2.02. The molecule has 1 aromatic carbocycles. The molecule has 1 aromatic heterocycles. The van der Waals surface area contributed by atoms with Crippen LogP contribution in [0.15, 0.2) is 36.8 Å². The Morgan fingerprint density at radius 1 is 1.35 bits per heavy atom. The van der Waals surface area contributed by atoms with Crippen molar-refractivity contribution in [1.82, 2.24) is 9.97 Å². The van der Waals surface area contributed by atoms with Crippen LogP contribution >= 0.6 is 0 Å². The Morgan fingerprint density at radius 3 is 2.82 bits per heavy atom. The van der Waals surface area contributed by atoms with Crippen LogP contribution in [-0.4, -0.2) is 15.1 Å². The maximum atomic E-state index is 9.94. The van der Waals surface area contributed by atoms with Crippen molar-refractivity contribution in [2.24, 2.45) is 0 Å². The zero-order chi connectivity index (χ0) is 12.1. The van der Waals surface area contributed by atoms with Crippen LogP contribution in [0, 0.1) is 0 Å². The first-order valence-electron chi connectivity index (χ1n) is 6.09. The molecule has 0 aliphatic rings. The van der Waals surface area contributed by atoms with E-state index in [2.05, 4.69) is 16.9 Å². The van der Waals surface area contributed by atoms with Gasteiger partial charge in [-0.25, -0.2) is 4.98 Å². The van der Waals surface area contributed by atoms with Gasteiger partial charge in [-0.2, -0.15) is 0 Å². The third-order valence-electron chi connectivity index (χ3n) is 3.05. The van der Waals surface area contributed by atoms with Gasteiger partial charge in [0.25, 0.3) is 0 Å². The molecule has 2 N–H and O–H groups in total. The SMILES string of the molecule is CCCCC(c1cnc[nH]1)c1ccccc1O. The first-order valence-corrected chi connectivity index (χ1v) is 6.09. The highest BCUT2D eigenvalue weighted by molar-refractivity contribution is 5.38. The van der Waals surface area contributed by atoms with Crippen molar-refractivity contribution in [3.05, 3.63) is 48.0 Å². The van der Waals surface area contributed by atoms with Crippen LogP contribution in [-0.2, 0) is 0 Å². The van der Waals surface area contributed by atoms with E-state index in [1.54, 1.807) is 12.4 Å². The summed E-state index contributed by atoms with van der Waals surface area (Å²) in [7, 11) is 0. The molecule has 90 valence electrons. The van der Waals surface area contributed by atoms with Gasteiger partial charge < -0.3 is 10.1 Å². The van der Waals surface area contributed by atoms with E-state index < -0.39 is 0 Å². The second-order valence-electron chi connectivity index (χ2n) is 4.26. The number of hydrogen-bond donors (Lipinski definition) is 2. The summed E-state index contributed by atoms with van der Waals surface area (Å²) < 4.78 is 0. The molecule has 0 spiro atoms. The van der Waals surface area contributed by atoms with Gasteiger partial charge >= 0.3 is 0 Å². The minimum absolute atomic E-state index is 0.207. The Bertz CT molecular complexity index is 451. The number of aromatic hydroxyl groups is 1. The number of para-hydroxylation sites is 1. The number of phenolic OH excluding ortho intramolecular Hbond substituents is 1. The number of aromatic amines is 1. The molecule has 0 amide bonds.